The summed E-state index contributed by atoms with van der Waals surface area (Å²) in [6.45, 7) is 8.20. The lowest BCUT2D eigenvalue weighted by molar-refractivity contribution is -0.142. The van der Waals surface area contributed by atoms with Crippen LogP contribution in [0.3, 0.4) is 0 Å². The Kier molecular flexibility index (Phi) is 49.6. The van der Waals surface area contributed by atoms with E-state index in [0.29, 0.717) is 24.0 Å². The average Bonchev–Trinajstić information content (AvgIpc) is 1.68. The van der Waals surface area contributed by atoms with E-state index in [9.17, 15) is 112 Å². The summed E-state index contributed by atoms with van der Waals surface area (Å²) in [5.74, 6) is -20.3. The van der Waals surface area contributed by atoms with Gasteiger partial charge in [-0.25, -0.2) is 4.79 Å². The van der Waals surface area contributed by atoms with Gasteiger partial charge in [-0.15, -0.1) is 0 Å². The van der Waals surface area contributed by atoms with Crippen molar-refractivity contribution < 1.29 is 112 Å². The number of carbonyl (C=O) groups is 17. The zero-order valence-electron chi connectivity index (χ0n) is 74.5. The Balaban J connectivity index is 1.91. The van der Waals surface area contributed by atoms with Gasteiger partial charge in [0.25, 0.3) is 0 Å². The number of primary amides is 1. The number of β-amino-alcohol motifs (C(OH)–C–C–N with tert-alkyl or cyclic N) is 1. The molecule has 1 heterocycles. The number of phenols is 2. The number of carbonyl (C=O) groups excluding carboxylic acids is 16. The predicted molar refractivity (Wildman–Crippen MR) is 484 cm³/mol. The molecule has 131 heavy (non-hydrogen) atoms. The van der Waals surface area contributed by atoms with Gasteiger partial charge in [-0.2, -0.15) is 25.3 Å². The van der Waals surface area contributed by atoms with Gasteiger partial charge in [0.05, 0.1) is 31.3 Å². The zero-order valence-corrected chi connectivity index (χ0v) is 76.3. The smallest absolute Gasteiger partial charge is 0.326 e. The molecule has 1 fully saturated rings. The van der Waals surface area contributed by atoms with Crippen LogP contribution in [0.15, 0.2) is 53.5 Å². The van der Waals surface area contributed by atoms with Crippen LogP contribution in [-0.2, 0) is 94.3 Å². The third kappa shape index (κ3) is 38.5. The quantitative estimate of drug-likeness (QED) is 0.0127. The van der Waals surface area contributed by atoms with Crippen LogP contribution in [0.25, 0.3) is 0 Å². The largest absolute Gasteiger partial charge is 0.508 e. The monoisotopic (exact) mass is 1890 g/mol. The van der Waals surface area contributed by atoms with Gasteiger partial charge in [0.1, 0.15) is 102 Å². The third-order valence-corrected chi connectivity index (χ3v) is 21.8. The highest BCUT2D eigenvalue weighted by Gasteiger charge is 2.46. The van der Waals surface area contributed by atoms with Crippen molar-refractivity contribution in [2.24, 2.45) is 68.4 Å². The van der Waals surface area contributed by atoms with Crippen LogP contribution >= 0.6 is 25.3 Å². The first-order valence-corrected chi connectivity index (χ1v) is 44.0. The summed E-state index contributed by atoms with van der Waals surface area (Å²) in [5.41, 5.74) is 53.1. The highest BCUT2D eigenvalue weighted by atomic mass is 32.1. The molecule has 0 aliphatic carbocycles. The number of aliphatic hydroxyl groups excluding tert-OH is 3. The van der Waals surface area contributed by atoms with Gasteiger partial charge < -0.3 is 162 Å². The van der Waals surface area contributed by atoms with Crippen molar-refractivity contribution in [2.45, 2.75) is 252 Å². The van der Waals surface area contributed by atoms with Crippen LogP contribution in [0.5, 0.6) is 11.5 Å². The number of carboxylic acids is 1. The van der Waals surface area contributed by atoms with Crippen molar-refractivity contribution in [3.8, 4) is 11.5 Å². The zero-order chi connectivity index (χ0) is 98.9. The van der Waals surface area contributed by atoms with Gasteiger partial charge in [-0.1, -0.05) is 58.4 Å². The topological polar surface area (TPSA) is 830 Å². The number of carboxylic acid groups (broad SMARTS) is 1. The van der Waals surface area contributed by atoms with Crippen LogP contribution in [-0.4, -0.2) is 314 Å². The molecule has 50 heteroatoms. The molecule has 0 aromatic heterocycles. The highest BCUT2D eigenvalue weighted by Crippen LogP contribution is 2.25. The Morgan fingerprint density at radius 2 is 0.855 bits per heavy atom. The van der Waals surface area contributed by atoms with E-state index in [0.717, 1.165) is 11.8 Å². The van der Waals surface area contributed by atoms with E-state index in [2.05, 4.69) is 105 Å². The second kappa shape index (κ2) is 57.1. The highest BCUT2D eigenvalue weighted by molar-refractivity contribution is 7.81. The van der Waals surface area contributed by atoms with Crippen LogP contribution < -0.4 is 126 Å². The fourth-order valence-corrected chi connectivity index (χ4v) is 13.8. The van der Waals surface area contributed by atoms with Crippen LogP contribution in [0.2, 0.25) is 0 Å². The molecule has 2 aromatic carbocycles. The second-order valence-corrected chi connectivity index (χ2v) is 34.2. The summed E-state index contributed by atoms with van der Waals surface area (Å²) in [4.78, 5) is 243. The third-order valence-electron chi connectivity index (χ3n) is 21.2. The molecule has 19 atom stereocenters. The number of aliphatic imine (C=N–C) groups is 1. The van der Waals surface area contributed by atoms with Crippen LogP contribution in [0.4, 0.5) is 0 Å². The molecule has 3 rings (SSSR count). The number of aliphatic carboxylic acids is 1. The second-order valence-electron chi connectivity index (χ2n) is 32.7. The fourth-order valence-electron chi connectivity index (χ4n) is 13.4. The normalized spacial score (nSPS) is 17.0. The first-order valence-electron chi connectivity index (χ1n) is 42.9. The number of aliphatic hydroxyl groups is 3. The van der Waals surface area contributed by atoms with Crippen molar-refractivity contribution in [3.63, 3.8) is 0 Å². The Morgan fingerprint density at radius 3 is 1.26 bits per heavy atom. The molecular formula is C81H135N25O23S2. The molecular weight excluding hydrogens is 1760 g/mol. The number of nitrogens with zero attached hydrogens (tertiary/aromatic N) is 2. The van der Waals surface area contributed by atoms with Gasteiger partial charge >= 0.3 is 5.97 Å². The Morgan fingerprint density at radius 1 is 0.481 bits per heavy atom. The Labute approximate surface area is 769 Å². The van der Waals surface area contributed by atoms with Gasteiger partial charge in [0.15, 0.2) is 5.96 Å². The first-order chi connectivity index (χ1) is 61.6. The molecule has 0 bridgehead atoms. The number of likely N-dealkylation sites (tertiary alicyclic amines) is 1. The number of phenolic OH excluding ortho intramolecular Hbond substituents is 2. The van der Waals surface area contributed by atoms with Crippen molar-refractivity contribution in [1.29, 1.82) is 0 Å². The summed E-state index contributed by atoms with van der Waals surface area (Å²) >= 11 is 8.75. The number of nitrogens with one attached hydrogen (secondary N) is 14. The minimum Gasteiger partial charge on any atom is -0.508 e. The van der Waals surface area contributed by atoms with Crippen LogP contribution in [0, 0.1) is 11.8 Å². The minimum absolute atomic E-state index is 0.0944. The number of thiol groups is 2. The lowest BCUT2D eigenvalue weighted by Crippen LogP contribution is -2.64. The fraction of sp³-hybridized carbons (Fsp3) is 0.630. The molecule has 38 N–H and O–H groups in total. The van der Waals surface area contributed by atoms with E-state index in [4.69, 9.17) is 51.6 Å². The standard InChI is InChI=1S/C81H135N25O23S2/c1-8-40(4)61(103-74(123)58-34-46(111)36-106(58)78(127)60(88)39(2)3)75(124)105-63(81(6,7)131)77(126)99-53(32-42-14-18-44(109)19-15-42)70(119)96-49(22-27-83)67(116)98-54(35-59(87)112)71(120)93-48(13-11-31-91-80(89)90)65(114)95-52(25-30-86)69(118)104-62(41(5)108)76(125)97-51(24-29-85)66(115)92-47(12-9-10-26-82)64(113)94-50(23-28-84)68(117)101-56(37-107)72(121)102-57(38-130)73(122)100-55(79(128)129)33-43-16-20-45(110)21-17-43/h14-21,39-41,46-58,60-63,107-111,130-131H,8-13,22-38,82-86,88H2,1-7H3,(H2,87,112)(H,92,115)(H,93,120)(H,94,113)(H,95,114)(H,96,119)(H,97,125)(H,98,116)(H,99,126)(H,100,122)(H,101,117)(H,102,121)(H,103,123)(H,104,118)(H,105,124)(H,128,129)(H4,89,90,91)/t40-,41+,46+,47-,48-,49-,50-,51+,52-,53-,54-,55-,56-,57-,58-,60-,61-,62-,63+/m0/s1. The maximum Gasteiger partial charge on any atom is 0.326 e. The van der Waals surface area contributed by atoms with Gasteiger partial charge in [-0.3, -0.25) is 81.7 Å². The van der Waals surface area contributed by atoms with Crippen LogP contribution in [0.1, 0.15) is 137 Å². The Bertz CT molecular complexity index is 4190. The van der Waals surface area contributed by atoms with Crippen molar-refractivity contribution in [1.82, 2.24) is 79.3 Å². The molecule has 1 aliphatic rings. The van der Waals surface area contributed by atoms with E-state index in [-0.39, 0.29) is 127 Å². The molecule has 1 aliphatic heterocycles. The predicted octanol–water partition coefficient (Wildman–Crippen LogP) is -10.8. The number of unbranched alkanes of at least 4 members (excludes halogenated alkanes) is 1. The molecule has 0 radical (unpaired) electrons. The number of benzene rings is 2. The number of guanidine groups is 1. The summed E-state index contributed by atoms with van der Waals surface area (Å²) < 4.78 is -1.46. The van der Waals surface area contributed by atoms with Gasteiger partial charge in [0, 0.05) is 42.9 Å². The molecule has 2 aromatic rings. The van der Waals surface area contributed by atoms with Gasteiger partial charge in [-0.05, 0) is 159 Å². The molecule has 0 spiro atoms. The Hall–Kier alpha value is -11.4. The summed E-state index contributed by atoms with van der Waals surface area (Å²) in [6.07, 6.45) is -5.95. The number of nitrogens with two attached hydrogens (primary N) is 9. The molecule has 48 nitrogen and oxygen atoms in total. The molecule has 734 valence electrons. The number of rotatable bonds is 59. The minimum atomic E-state index is -1.97. The number of aromatic hydroxyl groups is 2. The lowest BCUT2D eigenvalue weighted by Gasteiger charge is -2.34. The summed E-state index contributed by atoms with van der Waals surface area (Å²) in [5, 5.41) is 95.9. The van der Waals surface area contributed by atoms with E-state index in [1.165, 1.54) is 62.4 Å². The first kappa shape index (κ1) is 114. The van der Waals surface area contributed by atoms with Gasteiger partial charge in [0.2, 0.25) is 94.5 Å². The lowest BCUT2D eigenvalue weighted by atomic mass is 9.95. The summed E-state index contributed by atoms with van der Waals surface area (Å²) in [7, 11) is 0. The maximum atomic E-state index is 14.8. The maximum absolute atomic E-state index is 14.8. The average molecular weight is 1890 g/mol. The van der Waals surface area contributed by atoms with Crippen molar-refractivity contribution in [2.75, 3.05) is 58.2 Å². The van der Waals surface area contributed by atoms with E-state index >= 15 is 0 Å². The molecule has 0 unspecified atom stereocenters. The number of hydrogen-bond acceptors (Lipinski definition) is 31. The summed E-state index contributed by atoms with van der Waals surface area (Å²) in [6, 6.07) is -14.7. The van der Waals surface area contributed by atoms with Crippen molar-refractivity contribution in [3.05, 3.63) is 59.7 Å². The van der Waals surface area contributed by atoms with E-state index in [1.54, 1.807) is 27.7 Å². The SMILES string of the molecule is CC[C@H](C)[C@H](NC(=O)[C@@H]1C[C@@H](O)CN1C(=O)[C@@H](N)C(C)C)C(=O)N[C@H](C(=O)N[C@@H](Cc1ccc(O)cc1)C(=O)N[C@@H](CCN)C(=O)N[C@@H](CC(N)=O)C(=O)N[C@@H](CCCN=C(N)N)C(=O)N[C@@H](CCN)C(=O)N[C@H](C(=O)N[C@H](CCN)C(=O)N[C@@H](CCCCN)C(=O)N[C@@H](CCN)C(=O)N[C@@H](CO)C(=O)N[C@@H](CS)C(=O)N[C@@H](Cc1ccc(O)cc1)C(=O)O)[C@@H](C)O)C(C)(C)S. The molecule has 16 amide bonds. The number of hydrogen-bond donors (Lipinski definition) is 31. The number of amides is 16. The van der Waals surface area contributed by atoms with Crippen molar-refractivity contribution >= 4 is 132 Å². The molecule has 1 saturated heterocycles. The van der Waals surface area contributed by atoms with E-state index < -0.39 is 252 Å². The molecule has 0 saturated carbocycles. The van der Waals surface area contributed by atoms with E-state index in [1.807, 2.05) is 0 Å².